The number of rotatable bonds is 3. The molecule has 0 unspecified atom stereocenters. The number of nitrogens with one attached hydrogen (secondary N) is 1. The molecule has 0 saturated heterocycles. The van der Waals surface area contributed by atoms with Gasteiger partial charge in [0, 0.05) is 5.56 Å². The van der Waals surface area contributed by atoms with Crippen LogP contribution in [0.15, 0.2) is 41.6 Å². The summed E-state index contributed by atoms with van der Waals surface area (Å²) in [6.07, 6.45) is 2.33. The maximum absolute atomic E-state index is 13.9. The molecule has 148 valence electrons. The van der Waals surface area contributed by atoms with E-state index < -0.39 is 23.1 Å². The summed E-state index contributed by atoms with van der Waals surface area (Å²) in [6.45, 7) is 0. The van der Waals surface area contributed by atoms with Crippen LogP contribution in [-0.4, -0.2) is 21.9 Å². The van der Waals surface area contributed by atoms with E-state index in [1.54, 1.807) is 6.07 Å². The highest BCUT2D eigenvalue weighted by Gasteiger charge is 2.23. The number of fused-ring (bicyclic) bond motifs is 3. The highest BCUT2D eigenvalue weighted by molar-refractivity contribution is 7.19. The number of carbonyl (C=O) groups is 1. The zero-order chi connectivity index (χ0) is 20.5. The molecule has 3 aromatic rings. The van der Waals surface area contributed by atoms with Crippen molar-refractivity contribution in [2.45, 2.75) is 19.3 Å². The summed E-state index contributed by atoms with van der Waals surface area (Å²) in [6, 6.07) is 8.75. The topological polar surface area (TPSA) is 101 Å². The second-order valence-corrected chi connectivity index (χ2v) is 7.56. The number of thiazole rings is 1. The standard InChI is InChI=1S/C20H16F2N4O2S/c21-13-4-2-5-14(22)16(13)19(27)25-20-24-15-6-1-3-10-9-11(18(23)26-28)7-8-12(10)17(15)29-20/h2,4-5,7-9,28H,1,3,6H2,(H2,23,26)(H,24,25,27). The number of amides is 1. The average Bonchev–Trinajstić information content (AvgIpc) is 3.01. The van der Waals surface area contributed by atoms with Crippen LogP contribution in [0.1, 0.15) is 33.6 Å². The van der Waals surface area contributed by atoms with Crippen molar-refractivity contribution in [2.75, 3.05) is 5.32 Å². The molecule has 4 rings (SSSR count). The molecule has 6 nitrogen and oxygen atoms in total. The van der Waals surface area contributed by atoms with Gasteiger partial charge in [-0.25, -0.2) is 13.8 Å². The van der Waals surface area contributed by atoms with Crippen LogP contribution in [0, 0.1) is 11.6 Å². The van der Waals surface area contributed by atoms with Crippen molar-refractivity contribution in [3.05, 3.63) is 70.4 Å². The van der Waals surface area contributed by atoms with Gasteiger partial charge < -0.3 is 10.9 Å². The minimum atomic E-state index is -0.929. The number of nitrogens with two attached hydrogens (primary N) is 1. The van der Waals surface area contributed by atoms with Crippen molar-refractivity contribution < 1.29 is 18.8 Å². The highest BCUT2D eigenvalue weighted by atomic mass is 32.1. The van der Waals surface area contributed by atoms with Crippen LogP contribution in [0.25, 0.3) is 10.4 Å². The lowest BCUT2D eigenvalue weighted by Crippen LogP contribution is -2.15. The van der Waals surface area contributed by atoms with E-state index in [9.17, 15) is 13.6 Å². The zero-order valence-electron chi connectivity index (χ0n) is 15.1. The summed E-state index contributed by atoms with van der Waals surface area (Å²) in [4.78, 5) is 17.7. The van der Waals surface area contributed by atoms with Crippen LogP contribution >= 0.6 is 11.3 Å². The molecule has 4 N–H and O–H groups in total. The lowest BCUT2D eigenvalue weighted by atomic mass is 10.0. The smallest absolute Gasteiger partial charge is 0.263 e. The largest absolute Gasteiger partial charge is 0.409 e. The Labute approximate surface area is 168 Å². The molecule has 0 bridgehead atoms. The Morgan fingerprint density at radius 3 is 2.69 bits per heavy atom. The molecule has 0 radical (unpaired) electrons. The SMILES string of the molecule is NC(=NO)c1ccc2c(c1)CCCc1nc(NC(=O)c3c(F)cccc3F)sc1-2. The van der Waals surface area contributed by atoms with E-state index in [0.717, 1.165) is 46.7 Å². The van der Waals surface area contributed by atoms with Crippen molar-refractivity contribution in [2.24, 2.45) is 10.9 Å². The van der Waals surface area contributed by atoms with Gasteiger partial charge in [-0.2, -0.15) is 0 Å². The van der Waals surface area contributed by atoms with E-state index in [2.05, 4.69) is 15.5 Å². The number of carbonyl (C=O) groups excluding carboxylic acids is 1. The predicted molar refractivity (Wildman–Crippen MR) is 106 cm³/mol. The normalized spacial score (nSPS) is 13.4. The Balaban J connectivity index is 1.68. The average molecular weight is 414 g/mol. The zero-order valence-corrected chi connectivity index (χ0v) is 15.9. The van der Waals surface area contributed by atoms with Gasteiger partial charge in [0.25, 0.3) is 5.91 Å². The summed E-state index contributed by atoms with van der Waals surface area (Å²) >= 11 is 1.25. The molecule has 0 saturated carbocycles. The fourth-order valence-electron chi connectivity index (χ4n) is 3.34. The number of aromatic nitrogens is 1. The summed E-state index contributed by atoms with van der Waals surface area (Å²) < 4.78 is 27.7. The molecule has 29 heavy (non-hydrogen) atoms. The second-order valence-electron chi connectivity index (χ2n) is 6.56. The number of halogens is 2. The first-order chi connectivity index (χ1) is 14.0. The van der Waals surface area contributed by atoms with Gasteiger partial charge in [-0.05, 0) is 48.6 Å². The van der Waals surface area contributed by atoms with Gasteiger partial charge in [-0.3, -0.25) is 10.1 Å². The highest BCUT2D eigenvalue weighted by Crippen LogP contribution is 2.39. The van der Waals surface area contributed by atoms with Gasteiger partial charge in [0.2, 0.25) is 0 Å². The van der Waals surface area contributed by atoms with E-state index in [-0.39, 0.29) is 11.0 Å². The number of aryl methyl sites for hydroxylation is 2. The number of benzene rings is 2. The summed E-state index contributed by atoms with van der Waals surface area (Å²) in [5, 5.41) is 14.7. The van der Waals surface area contributed by atoms with Crippen LogP contribution < -0.4 is 11.1 Å². The molecule has 0 spiro atoms. The molecule has 1 heterocycles. The van der Waals surface area contributed by atoms with Crippen LogP contribution in [0.3, 0.4) is 0 Å². The summed E-state index contributed by atoms with van der Waals surface area (Å²) in [5.41, 5.74) is 8.44. The van der Waals surface area contributed by atoms with Crippen molar-refractivity contribution in [3.8, 4) is 10.4 Å². The molecular weight excluding hydrogens is 398 g/mol. The van der Waals surface area contributed by atoms with Gasteiger partial charge >= 0.3 is 0 Å². The van der Waals surface area contributed by atoms with Crippen molar-refractivity contribution in [1.82, 2.24) is 4.98 Å². The molecule has 0 aliphatic heterocycles. The van der Waals surface area contributed by atoms with Gasteiger partial charge in [0.05, 0.1) is 10.6 Å². The molecule has 1 aromatic heterocycles. The third kappa shape index (κ3) is 3.56. The Kier molecular flexibility index (Phi) is 4.98. The second kappa shape index (κ2) is 7.59. The summed E-state index contributed by atoms with van der Waals surface area (Å²) in [5.74, 6) is -2.71. The number of amidine groups is 1. The number of oxime groups is 1. The van der Waals surface area contributed by atoms with E-state index >= 15 is 0 Å². The maximum atomic E-state index is 13.9. The molecule has 1 amide bonds. The molecule has 1 aliphatic carbocycles. The fourth-order valence-corrected chi connectivity index (χ4v) is 4.41. The minimum Gasteiger partial charge on any atom is -0.409 e. The van der Waals surface area contributed by atoms with Crippen molar-refractivity contribution in [1.29, 1.82) is 0 Å². The Morgan fingerprint density at radius 2 is 1.97 bits per heavy atom. The first-order valence-electron chi connectivity index (χ1n) is 8.84. The van der Waals surface area contributed by atoms with Crippen LogP contribution in [0.4, 0.5) is 13.9 Å². The third-order valence-corrected chi connectivity index (χ3v) is 5.77. The van der Waals surface area contributed by atoms with Crippen LogP contribution in [0.2, 0.25) is 0 Å². The van der Waals surface area contributed by atoms with E-state index in [1.165, 1.54) is 17.4 Å². The fraction of sp³-hybridized carbons (Fsp3) is 0.150. The van der Waals surface area contributed by atoms with Crippen molar-refractivity contribution in [3.63, 3.8) is 0 Å². The molecular formula is C20H16F2N4O2S. The van der Waals surface area contributed by atoms with Crippen molar-refractivity contribution >= 4 is 28.2 Å². The quantitative estimate of drug-likeness (QED) is 0.262. The summed E-state index contributed by atoms with van der Waals surface area (Å²) in [7, 11) is 0. The lowest BCUT2D eigenvalue weighted by Gasteiger charge is -2.08. The lowest BCUT2D eigenvalue weighted by molar-refractivity contribution is 0.101. The molecule has 9 heteroatoms. The third-order valence-electron chi connectivity index (χ3n) is 4.72. The number of anilines is 1. The predicted octanol–water partition coefficient (Wildman–Crippen LogP) is 3.92. The maximum Gasteiger partial charge on any atom is 0.263 e. The Bertz CT molecular complexity index is 1120. The van der Waals surface area contributed by atoms with Gasteiger partial charge in [0.1, 0.15) is 17.2 Å². The minimum absolute atomic E-state index is 0.0291. The van der Waals surface area contributed by atoms with E-state index in [0.29, 0.717) is 12.0 Å². The van der Waals surface area contributed by atoms with E-state index in [4.69, 9.17) is 10.9 Å². The number of nitrogens with zero attached hydrogens (tertiary/aromatic N) is 2. The van der Waals surface area contributed by atoms with Crippen LogP contribution in [-0.2, 0) is 12.8 Å². The van der Waals surface area contributed by atoms with Crippen LogP contribution in [0.5, 0.6) is 0 Å². The van der Waals surface area contributed by atoms with E-state index in [1.807, 2.05) is 12.1 Å². The van der Waals surface area contributed by atoms with Gasteiger partial charge in [-0.15, -0.1) is 0 Å². The number of hydrogen-bond acceptors (Lipinski definition) is 5. The first kappa shape index (κ1) is 19.0. The number of hydrogen-bond donors (Lipinski definition) is 3. The first-order valence-corrected chi connectivity index (χ1v) is 9.66. The van der Waals surface area contributed by atoms with Gasteiger partial charge in [-0.1, -0.05) is 34.7 Å². The molecule has 1 aliphatic rings. The van der Waals surface area contributed by atoms with Gasteiger partial charge in [0.15, 0.2) is 11.0 Å². The Hall–Kier alpha value is -3.33. The molecule has 0 fully saturated rings. The monoisotopic (exact) mass is 414 g/mol. The molecule has 0 atom stereocenters. The molecule has 2 aromatic carbocycles. The Morgan fingerprint density at radius 1 is 1.21 bits per heavy atom.